The molecule has 0 bridgehead atoms. The lowest BCUT2D eigenvalue weighted by atomic mass is 10.1. The summed E-state index contributed by atoms with van der Waals surface area (Å²) in [5.41, 5.74) is 4.80. The van der Waals surface area contributed by atoms with Gasteiger partial charge in [-0.15, -0.1) is 0 Å². The topological polar surface area (TPSA) is 114 Å². The molecule has 3 rings (SSSR count). The van der Waals surface area contributed by atoms with Crippen LogP contribution in [0.1, 0.15) is 27.0 Å². The normalized spacial score (nSPS) is 10.7. The molecule has 0 saturated carbocycles. The van der Waals surface area contributed by atoms with Crippen LogP contribution >= 0.6 is 0 Å². The van der Waals surface area contributed by atoms with E-state index in [0.717, 1.165) is 23.4 Å². The number of nitrogens with one attached hydrogen (secondary N) is 1. The van der Waals surface area contributed by atoms with Crippen LogP contribution in [0.15, 0.2) is 71.8 Å². The molecular weight excluding hydrogens is 386 g/mol. The first-order valence-electron chi connectivity index (χ1n) is 9.01. The van der Waals surface area contributed by atoms with Crippen molar-refractivity contribution in [1.29, 1.82) is 0 Å². The van der Waals surface area contributed by atoms with Gasteiger partial charge in [0.15, 0.2) is 0 Å². The molecule has 0 spiro atoms. The highest BCUT2D eigenvalue weighted by Crippen LogP contribution is 2.21. The molecule has 0 aliphatic carbocycles. The van der Waals surface area contributed by atoms with Crippen LogP contribution in [0.25, 0.3) is 0 Å². The van der Waals surface area contributed by atoms with E-state index in [-0.39, 0.29) is 17.0 Å². The zero-order valence-electron chi connectivity index (χ0n) is 16.1. The van der Waals surface area contributed by atoms with E-state index >= 15 is 0 Å². The molecule has 1 amide bonds. The van der Waals surface area contributed by atoms with Crippen molar-refractivity contribution in [2.45, 2.75) is 13.5 Å². The van der Waals surface area contributed by atoms with Crippen LogP contribution in [0.2, 0.25) is 0 Å². The maximum absolute atomic E-state index is 12.2. The zero-order valence-corrected chi connectivity index (χ0v) is 16.1. The smallest absolute Gasteiger partial charge is 0.271 e. The summed E-state index contributed by atoms with van der Waals surface area (Å²) in [6.45, 7) is 2.43. The number of nitro groups is 1. The van der Waals surface area contributed by atoms with Gasteiger partial charge in [-0.05, 0) is 42.8 Å². The number of aryl methyl sites for hydroxylation is 1. The van der Waals surface area contributed by atoms with Crippen LogP contribution in [0.5, 0.6) is 11.5 Å². The summed E-state index contributed by atoms with van der Waals surface area (Å²) in [7, 11) is 0. The monoisotopic (exact) mass is 405 g/mol. The number of hydrogen-bond acceptors (Lipinski definition) is 6. The predicted molar refractivity (Wildman–Crippen MR) is 112 cm³/mol. The summed E-state index contributed by atoms with van der Waals surface area (Å²) in [6.07, 6.45) is 1.14. The Morgan fingerprint density at radius 3 is 2.63 bits per heavy atom. The van der Waals surface area contributed by atoms with Gasteiger partial charge in [-0.3, -0.25) is 14.9 Å². The molecule has 8 heteroatoms. The Balaban J connectivity index is 1.57. The Labute approximate surface area is 172 Å². The number of nitro benzene ring substituents is 1. The second-order valence-electron chi connectivity index (χ2n) is 6.50. The van der Waals surface area contributed by atoms with Gasteiger partial charge in [0.25, 0.3) is 11.6 Å². The SMILES string of the molecule is Cc1cccc(COc2ccc(C(=O)NN=Cc3cc([N+](=O)[O-])ccc3O)cc2)c1. The van der Waals surface area contributed by atoms with Crippen molar-refractivity contribution in [2.24, 2.45) is 5.10 Å². The van der Waals surface area contributed by atoms with E-state index < -0.39 is 10.8 Å². The van der Waals surface area contributed by atoms with E-state index in [2.05, 4.69) is 10.5 Å². The summed E-state index contributed by atoms with van der Waals surface area (Å²) >= 11 is 0. The second kappa shape index (κ2) is 9.33. The van der Waals surface area contributed by atoms with Crippen LogP contribution in [0.4, 0.5) is 5.69 Å². The fourth-order valence-electron chi connectivity index (χ4n) is 2.66. The van der Waals surface area contributed by atoms with E-state index in [0.29, 0.717) is 17.9 Å². The van der Waals surface area contributed by atoms with Crippen LogP contribution < -0.4 is 10.2 Å². The fourth-order valence-corrected chi connectivity index (χ4v) is 2.66. The van der Waals surface area contributed by atoms with Crippen LogP contribution in [0, 0.1) is 17.0 Å². The minimum Gasteiger partial charge on any atom is -0.507 e. The molecule has 0 heterocycles. The van der Waals surface area contributed by atoms with Crippen LogP contribution in [-0.2, 0) is 6.61 Å². The Bertz CT molecular complexity index is 1090. The first-order chi connectivity index (χ1) is 14.4. The number of hydrazone groups is 1. The van der Waals surface area contributed by atoms with Gasteiger partial charge in [0, 0.05) is 23.3 Å². The molecule has 0 aliphatic rings. The highest BCUT2D eigenvalue weighted by Gasteiger charge is 2.09. The van der Waals surface area contributed by atoms with Gasteiger partial charge in [-0.1, -0.05) is 29.8 Å². The summed E-state index contributed by atoms with van der Waals surface area (Å²) in [4.78, 5) is 22.4. The highest BCUT2D eigenvalue weighted by molar-refractivity contribution is 5.95. The van der Waals surface area contributed by atoms with E-state index in [1.54, 1.807) is 24.3 Å². The van der Waals surface area contributed by atoms with Crippen molar-refractivity contribution < 1.29 is 19.6 Å². The number of phenolic OH excluding ortho intramolecular Hbond substituents is 1. The van der Waals surface area contributed by atoms with E-state index in [9.17, 15) is 20.0 Å². The first kappa shape index (κ1) is 20.5. The number of non-ortho nitro benzene ring substituents is 1. The minimum absolute atomic E-state index is 0.115. The third-order valence-corrected chi connectivity index (χ3v) is 4.20. The number of amides is 1. The fraction of sp³-hybridized carbons (Fsp3) is 0.0909. The number of nitrogens with zero attached hydrogens (tertiary/aromatic N) is 2. The van der Waals surface area contributed by atoms with E-state index in [1.165, 1.54) is 12.1 Å². The Kier molecular flexibility index (Phi) is 6.39. The van der Waals surface area contributed by atoms with Crippen molar-refractivity contribution in [1.82, 2.24) is 5.43 Å². The molecule has 152 valence electrons. The van der Waals surface area contributed by atoms with E-state index in [4.69, 9.17) is 4.74 Å². The average Bonchev–Trinajstić information content (AvgIpc) is 2.73. The number of carbonyl (C=O) groups excluding carboxylic acids is 1. The van der Waals surface area contributed by atoms with Crippen LogP contribution in [-0.4, -0.2) is 22.2 Å². The number of hydrogen-bond donors (Lipinski definition) is 2. The molecule has 0 aliphatic heterocycles. The van der Waals surface area contributed by atoms with Gasteiger partial charge in [0.2, 0.25) is 0 Å². The van der Waals surface area contributed by atoms with Gasteiger partial charge >= 0.3 is 0 Å². The first-order valence-corrected chi connectivity index (χ1v) is 9.01. The number of benzene rings is 3. The molecule has 0 unspecified atom stereocenters. The molecule has 0 aromatic heterocycles. The number of aromatic hydroxyl groups is 1. The molecule has 0 fully saturated rings. The maximum atomic E-state index is 12.2. The van der Waals surface area contributed by atoms with Crippen molar-refractivity contribution in [3.8, 4) is 11.5 Å². The zero-order chi connectivity index (χ0) is 21.5. The van der Waals surface area contributed by atoms with Crippen molar-refractivity contribution >= 4 is 17.8 Å². The molecule has 0 radical (unpaired) electrons. The molecule has 3 aromatic rings. The number of carbonyl (C=O) groups is 1. The number of rotatable bonds is 7. The molecule has 0 atom stereocenters. The summed E-state index contributed by atoms with van der Waals surface area (Å²) < 4.78 is 5.72. The minimum atomic E-state index is -0.585. The molecule has 30 heavy (non-hydrogen) atoms. The number of ether oxygens (including phenoxy) is 1. The predicted octanol–water partition coefficient (Wildman–Crippen LogP) is 3.95. The lowest BCUT2D eigenvalue weighted by Crippen LogP contribution is -2.17. The summed E-state index contributed by atoms with van der Waals surface area (Å²) in [5.74, 6) is -0.0341. The third kappa shape index (κ3) is 5.41. The molecular formula is C22H19N3O5. The molecule has 2 N–H and O–H groups in total. The van der Waals surface area contributed by atoms with Gasteiger partial charge in [0.05, 0.1) is 11.1 Å². The van der Waals surface area contributed by atoms with Crippen LogP contribution in [0.3, 0.4) is 0 Å². The highest BCUT2D eigenvalue weighted by atomic mass is 16.6. The second-order valence-corrected chi connectivity index (χ2v) is 6.50. The quantitative estimate of drug-likeness (QED) is 0.351. The third-order valence-electron chi connectivity index (χ3n) is 4.20. The molecule has 0 saturated heterocycles. The summed E-state index contributed by atoms with van der Waals surface area (Å²) in [5, 5.41) is 24.3. The Hall–Kier alpha value is -4.20. The van der Waals surface area contributed by atoms with Crippen molar-refractivity contribution in [2.75, 3.05) is 0 Å². The van der Waals surface area contributed by atoms with Gasteiger partial charge in [-0.25, -0.2) is 5.43 Å². The standard InChI is InChI=1S/C22H19N3O5/c1-15-3-2-4-16(11-15)14-30-20-8-5-17(6-9-20)22(27)24-23-13-18-12-19(25(28)29)7-10-21(18)26/h2-13,26H,14H2,1H3,(H,24,27). The maximum Gasteiger partial charge on any atom is 0.271 e. The van der Waals surface area contributed by atoms with E-state index in [1.807, 2.05) is 31.2 Å². The van der Waals surface area contributed by atoms with Crippen molar-refractivity contribution in [3.05, 3.63) is 99.1 Å². The van der Waals surface area contributed by atoms with Crippen molar-refractivity contribution in [3.63, 3.8) is 0 Å². The lowest BCUT2D eigenvalue weighted by Gasteiger charge is -2.07. The van der Waals surface area contributed by atoms with Gasteiger partial charge in [0.1, 0.15) is 18.1 Å². The largest absolute Gasteiger partial charge is 0.507 e. The Morgan fingerprint density at radius 2 is 1.93 bits per heavy atom. The molecule has 8 nitrogen and oxygen atoms in total. The average molecular weight is 405 g/mol. The van der Waals surface area contributed by atoms with Gasteiger partial charge in [-0.2, -0.15) is 5.10 Å². The molecule has 3 aromatic carbocycles. The Morgan fingerprint density at radius 1 is 1.17 bits per heavy atom. The summed E-state index contributed by atoms with van der Waals surface area (Å²) in [6, 6.07) is 18.1. The van der Waals surface area contributed by atoms with Gasteiger partial charge < -0.3 is 9.84 Å². The lowest BCUT2D eigenvalue weighted by molar-refractivity contribution is -0.384. The number of phenols is 1.